The summed E-state index contributed by atoms with van der Waals surface area (Å²) in [5.74, 6) is 1.30. The van der Waals surface area contributed by atoms with Crippen LogP contribution >= 0.6 is 0 Å². The zero-order valence-corrected chi connectivity index (χ0v) is 17.5. The van der Waals surface area contributed by atoms with Crippen molar-refractivity contribution in [2.45, 2.75) is 32.0 Å². The minimum Gasteiger partial charge on any atom is -0.493 e. The number of hydrogen-bond donors (Lipinski definition) is 0. The van der Waals surface area contributed by atoms with Crippen LogP contribution in [0.3, 0.4) is 0 Å². The Morgan fingerprint density at radius 2 is 1.67 bits per heavy atom. The SMILES string of the molecule is COc1cc2ccc(CN3CCCC3C(=O)OCc3ccccc3)cc2cc1OC. The highest BCUT2D eigenvalue weighted by Gasteiger charge is 2.31. The van der Waals surface area contributed by atoms with Gasteiger partial charge in [-0.25, -0.2) is 0 Å². The van der Waals surface area contributed by atoms with E-state index in [-0.39, 0.29) is 12.0 Å². The van der Waals surface area contributed by atoms with Crippen LogP contribution < -0.4 is 9.47 Å². The van der Waals surface area contributed by atoms with Crippen molar-refractivity contribution in [2.24, 2.45) is 0 Å². The summed E-state index contributed by atoms with van der Waals surface area (Å²) < 4.78 is 16.4. The number of fused-ring (bicyclic) bond motifs is 1. The van der Waals surface area contributed by atoms with Gasteiger partial charge in [0.1, 0.15) is 12.6 Å². The molecule has 1 unspecified atom stereocenters. The van der Waals surface area contributed by atoms with E-state index in [0.717, 1.165) is 53.6 Å². The van der Waals surface area contributed by atoms with E-state index in [2.05, 4.69) is 23.1 Å². The van der Waals surface area contributed by atoms with E-state index in [1.54, 1.807) is 14.2 Å². The zero-order chi connectivity index (χ0) is 20.9. The summed E-state index contributed by atoms with van der Waals surface area (Å²) >= 11 is 0. The van der Waals surface area contributed by atoms with Gasteiger partial charge < -0.3 is 14.2 Å². The van der Waals surface area contributed by atoms with Crippen molar-refractivity contribution >= 4 is 16.7 Å². The van der Waals surface area contributed by atoms with Crippen LogP contribution in [0.1, 0.15) is 24.0 Å². The summed E-state index contributed by atoms with van der Waals surface area (Å²) in [5, 5.41) is 2.18. The third-order valence-corrected chi connectivity index (χ3v) is 5.65. The number of ether oxygens (including phenoxy) is 3. The topological polar surface area (TPSA) is 48.0 Å². The number of hydrogen-bond acceptors (Lipinski definition) is 5. The highest BCUT2D eigenvalue weighted by Crippen LogP contribution is 2.33. The number of benzene rings is 3. The monoisotopic (exact) mass is 405 g/mol. The van der Waals surface area contributed by atoms with Crippen molar-refractivity contribution in [3.05, 3.63) is 71.8 Å². The highest BCUT2D eigenvalue weighted by atomic mass is 16.5. The molecule has 1 fully saturated rings. The summed E-state index contributed by atoms with van der Waals surface area (Å²) in [4.78, 5) is 14.9. The first-order valence-corrected chi connectivity index (χ1v) is 10.3. The fraction of sp³-hybridized carbons (Fsp3) is 0.320. The molecule has 5 nitrogen and oxygen atoms in total. The minimum atomic E-state index is -0.185. The van der Waals surface area contributed by atoms with Gasteiger partial charge in [-0.15, -0.1) is 0 Å². The van der Waals surface area contributed by atoms with Crippen molar-refractivity contribution in [3.8, 4) is 11.5 Å². The van der Waals surface area contributed by atoms with Gasteiger partial charge in [0, 0.05) is 6.54 Å². The molecule has 0 saturated carbocycles. The molecular weight excluding hydrogens is 378 g/mol. The average Bonchev–Trinajstić information content (AvgIpc) is 3.25. The third kappa shape index (κ3) is 4.41. The second-order valence-corrected chi connectivity index (χ2v) is 7.61. The lowest BCUT2D eigenvalue weighted by Crippen LogP contribution is -2.36. The Morgan fingerprint density at radius 1 is 0.933 bits per heavy atom. The van der Waals surface area contributed by atoms with Gasteiger partial charge in [-0.1, -0.05) is 42.5 Å². The number of likely N-dealkylation sites (tertiary alicyclic amines) is 1. The number of nitrogens with zero attached hydrogens (tertiary/aromatic N) is 1. The predicted molar refractivity (Wildman–Crippen MR) is 117 cm³/mol. The van der Waals surface area contributed by atoms with Crippen molar-refractivity contribution in [2.75, 3.05) is 20.8 Å². The van der Waals surface area contributed by atoms with Crippen LogP contribution in [0.15, 0.2) is 60.7 Å². The van der Waals surface area contributed by atoms with E-state index in [1.807, 2.05) is 42.5 Å². The smallest absolute Gasteiger partial charge is 0.323 e. The molecule has 0 radical (unpaired) electrons. The molecule has 1 heterocycles. The molecule has 1 aliphatic heterocycles. The second kappa shape index (κ2) is 9.18. The number of rotatable bonds is 7. The van der Waals surface area contributed by atoms with Crippen molar-refractivity contribution in [3.63, 3.8) is 0 Å². The van der Waals surface area contributed by atoms with Crippen LogP contribution in [0.25, 0.3) is 10.8 Å². The molecule has 1 aliphatic rings. The van der Waals surface area contributed by atoms with Crippen molar-refractivity contribution < 1.29 is 19.0 Å². The first-order chi connectivity index (χ1) is 14.7. The number of methoxy groups -OCH3 is 2. The van der Waals surface area contributed by atoms with Crippen LogP contribution in [0.2, 0.25) is 0 Å². The van der Waals surface area contributed by atoms with Crippen LogP contribution in [0.4, 0.5) is 0 Å². The molecule has 1 saturated heterocycles. The Bertz CT molecular complexity index is 1020. The van der Waals surface area contributed by atoms with Crippen LogP contribution in [0, 0.1) is 0 Å². The molecule has 0 aromatic heterocycles. The van der Waals surface area contributed by atoms with E-state index in [1.165, 1.54) is 0 Å². The predicted octanol–water partition coefficient (Wildman–Crippen LogP) is 4.56. The largest absolute Gasteiger partial charge is 0.493 e. The van der Waals surface area contributed by atoms with Crippen molar-refractivity contribution in [1.29, 1.82) is 0 Å². The van der Waals surface area contributed by atoms with Gasteiger partial charge in [0.05, 0.1) is 14.2 Å². The van der Waals surface area contributed by atoms with Crippen LogP contribution in [0.5, 0.6) is 11.5 Å². The first-order valence-electron chi connectivity index (χ1n) is 10.3. The molecule has 3 aromatic rings. The highest BCUT2D eigenvalue weighted by molar-refractivity contribution is 5.86. The Balaban J connectivity index is 1.45. The quantitative estimate of drug-likeness (QED) is 0.539. The molecule has 1 atom stereocenters. The molecule has 0 bridgehead atoms. The molecule has 0 N–H and O–H groups in total. The molecule has 0 aliphatic carbocycles. The van der Waals surface area contributed by atoms with E-state index < -0.39 is 0 Å². The summed E-state index contributed by atoms with van der Waals surface area (Å²) in [7, 11) is 3.28. The zero-order valence-electron chi connectivity index (χ0n) is 17.5. The van der Waals surface area contributed by atoms with Gasteiger partial charge in [0.15, 0.2) is 11.5 Å². The van der Waals surface area contributed by atoms with Gasteiger partial charge in [-0.2, -0.15) is 0 Å². The molecule has 30 heavy (non-hydrogen) atoms. The lowest BCUT2D eigenvalue weighted by Gasteiger charge is -2.23. The van der Waals surface area contributed by atoms with Gasteiger partial charge >= 0.3 is 5.97 Å². The maximum atomic E-state index is 12.7. The maximum Gasteiger partial charge on any atom is 0.323 e. The minimum absolute atomic E-state index is 0.136. The third-order valence-electron chi connectivity index (χ3n) is 5.65. The molecule has 0 spiro atoms. The van der Waals surface area contributed by atoms with E-state index >= 15 is 0 Å². The van der Waals surface area contributed by atoms with Crippen molar-refractivity contribution in [1.82, 2.24) is 4.90 Å². The fourth-order valence-electron chi connectivity index (χ4n) is 4.06. The molecule has 5 heteroatoms. The summed E-state index contributed by atoms with van der Waals surface area (Å²) in [6.45, 7) is 1.94. The van der Waals surface area contributed by atoms with E-state index in [9.17, 15) is 4.79 Å². The Kier molecular flexibility index (Phi) is 6.19. The van der Waals surface area contributed by atoms with Gasteiger partial charge in [0.25, 0.3) is 0 Å². The molecule has 4 rings (SSSR count). The summed E-state index contributed by atoms with van der Waals surface area (Å²) in [6.07, 6.45) is 1.84. The standard InChI is InChI=1S/C25H27NO4/c1-28-23-14-20-11-10-19(13-21(20)15-24(23)29-2)16-26-12-6-9-22(26)25(27)30-17-18-7-4-3-5-8-18/h3-5,7-8,10-11,13-15,22H,6,9,12,16-17H2,1-2H3. The lowest BCUT2D eigenvalue weighted by molar-refractivity contribution is -0.150. The maximum absolute atomic E-state index is 12.7. The molecule has 156 valence electrons. The second-order valence-electron chi connectivity index (χ2n) is 7.61. The number of carbonyl (C=O) groups excluding carboxylic acids is 1. The molecular formula is C25H27NO4. The Hall–Kier alpha value is -3.05. The summed E-state index contributed by atoms with van der Waals surface area (Å²) in [5.41, 5.74) is 2.17. The number of carbonyl (C=O) groups is 1. The van der Waals surface area contributed by atoms with Crippen LogP contribution in [-0.4, -0.2) is 37.7 Å². The summed E-state index contributed by atoms with van der Waals surface area (Å²) in [6, 6.07) is 20.0. The molecule has 0 amide bonds. The van der Waals surface area contributed by atoms with Gasteiger partial charge in [0.2, 0.25) is 0 Å². The Labute approximate surface area is 177 Å². The average molecular weight is 405 g/mol. The normalized spacial score (nSPS) is 16.5. The first kappa shape index (κ1) is 20.2. The number of esters is 1. The lowest BCUT2D eigenvalue weighted by atomic mass is 10.1. The van der Waals surface area contributed by atoms with Gasteiger partial charge in [-0.05, 0) is 59.5 Å². The van der Waals surface area contributed by atoms with E-state index in [4.69, 9.17) is 14.2 Å². The Morgan fingerprint density at radius 3 is 2.40 bits per heavy atom. The van der Waals surface area contributed by atoms with Crippen LogP contribution in [-0.2, 0) is 22.7 Å². The van der Waals surface area contributed by atoms with Gasteiger partial charge in [-0.3, -0.25) is 9.69 Å². The molecule has 3 aromatic carbocycles. The fourth-order valence-corrected chi connectivity index (χ4v) is 4.06. The van der Waals surface area contributed by atoms with E-state index in [0.29, 0.717) is 12.4 Å².